The minimum absolute atomic E-state index is 0.137. The number of hydrazone groups is 1. The molecular weight excluding hydrogens is 362 g/mol. The van der Waals surface area contributed by atoms with Gasteiger partial charge in [0.1, 0.15) is 0 Å². The van der Waals surface area contributed by atoms with Crippen LogP contribution in [0.1, 0.15) is 53.0 Å². The highest BCUT2D eigenvalue weighted by Crippen LogP contribution is 2.31. The van der Waals surface area contributed by atoms with Crippen LogP contribution in [0.5, 0.6) is 0 Å². The lowest BCUT2D eigenvalue weighted by Gasteiger charge is -2.28. The van der Waals surface area contributed by atoms with E-state index in [0.717, 1.165) is 17.0 Å². The lowest BCUT2D eigenvalue weighted by molar-refractivity contribution is 0.0612. The van der Waals surface area contributed by atoms with E-state index in [1.807, 2.05) is 32.0 Å². The normalized spacial score (nSPS) is 15.4. The molecule has 0 saturated heterocycles. The fourth-order valence-electron chi connectivity index (χ4n) is 3.74. The highest BCUT2D eigenvalue weighted by atomic mass is 16.2. The van der Waals surface area contributed by atoms with Crippen LogP contribution in [0.3, 0.4) is 0 Å². The van der Waals surface area contributed by atoms with Crippen molar-refractivity contribution >= 4 is 11.6 Å². The zero-order valence-electron chi connectivity index (χ0n) is 17.3. The number of hydrogen-bond acceptors (Lipinski definition) is 4. The fourth-order valence-corrected chi connectivity index (χ4v) is 3.74. The molecule has 0 radical (unpaired) electrons. The number of pyridine rings is 1. The lowest BCUT2D eigenvalue weighted by Crippen LogP contribution is -2.40. The first-order valence-corrected chi connectivity index (χ1v) is 9.75. The average molecular weight is 387 g/mol. The number of nitrogens with zero attached hydrogens (tertiary/aromatic N) is 5. The van der Waals surface area contributed by atoms with Gasteiger partial charge in [-0.05, 0) is 45.4 Å². The molecule has 6 heteroatoms. The highest BCUT2D eigenvalue weighted by Gasteiger charge is 2.39. The Morgan fingerprint density at radius 1 is 1.14 bits per heavy atom. The standard InChI is InChI=1S/C23H25N5O/c1-16-9-17(2)11-18(10-16)21-12-23(3,4)28(26-21)22(29)19-13-25-27(14-19)15-20-7-5-6-8-24-20/h5-11,13-14H,12,15H2,1-4H3. The molecule has 3 heterocycles. The number of amides is 1. The van der Waals surface area contributed by atoms with E-state index in [0.29, 0.717) is 18.5 Å². The number of aryl methyl sites for hydroxylation is 2. The molecule has 0 N–H and O–H groups in total. The first-order valence-electron chi connectivity index (χ1n) is 9.75. The molecule has 6 nitrogen and oxygen atoms in total. The zero-order valence-corrected chi connectivity index (χ0v) is 17.3. The van der Waals surface area contributed by atoms with Gasteiger partial charge in [0.25, 0.3) is 5.91 Å². The van der Waals surface area contributed by atoms with Gasteiger partial charge in [0.2, 0.25) is 0 Å². The number of benzene rings is 1. The Kier molecular flexibility index (Phi) is 4.78. The van der Waals surface area contributed by atoms with Crippen LogP contribution < -0.4 is 0 Å². The predicted molar refractivity (Wildman–Crippen MR) is 113 cm³/mol. The van der Waals surface area contributed by atoms with Crippen molar-refractivity contribution in [2.24, 2.45) is 5.10 Å². The molecule has 3 aromatic rings. The third kappa shape index (κ3) is 3.97. The SMILES string of the molecule is Cc1cc(C)cc(C2=NN(C(=O)c3cnn(Cc4ccccn4)c3)C(C)(C)C2)c1. The summed E-state index contributed by atoms with van der Waals surface area (Å²) < 4.78 is 1.73. The second-order valence-corrected chi connectivity index (χ2v) is 8.28. The summed E-state index contributed by atoms with van der Waals surface area (Å²) >= 11 is 0. The molecule has 4 rings (SSSR count). The van der Waals surface area contributed by atoms with Gasteiger partial charge in [0, 0.05) is 18.8 Å². The number of aromatic nitrogens is 3. The molecule has 0 unspecified atom stereocenters. The maximum atomic E-state index is 13.2. The molecule has 0 fully saturated rings. The number of carbonyl (C=O) groups is 1. The van der Waals surface area contributed by atoms with Crippen LogP contribution in [-0.4, -0.2) is 36.9 Å². The number of carbonyl (C=O) groups excluding carboxylic acids is 1. The molecule has 0 aliphatic carbocycles. The molecule has 29 heavy (non-hydrogen) atoms. The van der Waals surface area contributed by atoms with Crippen LogP contribution >= 0.6 is 0 Å². The van der Waals surface area contributed by atoms with E-state index >= 15 is 0 Å². The number of rotatable bonds is 4. The summed E-state index contributed by atoms with van der Waals surface area (Å²) in [4.78, 5) is 17.5. The van der Waals surface area contributed by atoms with Crippen LogP contribution in [0.2, 0.25) is 0 Å². The van der Waals surface area contributed by atoms with Crippen molar-refractivity contribution in [1.29, 1.82) is 0 Å². The van der Waals surface area contributed by atoms with Gasteiger partial charge in [-0.15, -0.1) is 0 Å². The summed E-state index contributed by atoms with van der Waals surface area (Å²) in [5.74, 6) is -0.137. The van der Waals surface area contributed by atoms with Gasteiger partial charge in [-0.1, -0.05) is 35.4 Å². The van der Waals surface area contributed by atoms with Gasteiger partial charge in [0.15, 0.2) is 0 Å². The van der Waals surface area contributed by atoms with Gasteiger partial charge in [-0.2, -0.15) is 10.2 Å². The molecular formula is C23H25N5O. The molecule has 148 valence electrons. The minimum Gasteiger partial charge on any atom is -0.267 e. The Bertz CT molecular complexity index is 1060. The summed E-state index contributed by atoms with van der Waals surface area (Å²) in [6.45, 7) is 8.77. The predicted octanol–water partition coefficient (Wildman–Crippen LogP) is 3.97. The maximum Gasteiger partial charge on any atom is 0.277 e. The molecule has 1 aliphatic heterocycles. The van der Waals surface area contributed by atoms with E-state index in [9.17, 15) is 4.79 Å². The first-order chi connectivity index (χ1) is 13.8. The van der Waals surface area contributed by atoms with Crippen LogP contribution in [0.4, 0.5) is 0 Å². The highest BCUT2D eigenvalue weighted by molar-refractivity contribution is 6.05. The van der Waals surface area contributed by atoms with Gasteiger partial charge >= 0.3 is 0 Å². The molecule has 0 saturated carbocycles. The van der Waals surface area contributed by atoms with E-state index in [-0.39, 0.29) is 5.91 Å². The second-order valence-electron chi connectivity index (χ2n) is 8.28. The quantitative estimate of drug-likeness (QED) is 0.680. The van der Waals surface area contributed by atoms with Crippen LogP contribution in [0.25, 0.3) is 0 Å². The fraction of sp³-hybridized carbons (Fsp3) is 0.304. The van der Waals surface area contributed by atoms with Crippen molar-refractivity contribution in [3.05, 3.63) is 82.9 Å². The average Bonchev–Trinajstić information content (AvgIpc) is 3.25. The second kappa shape index (κ2) is 7.28. The largest absolute Gasteiger partial charge is 0.277 e. The summed E-state index contributed by atoms with van der Waals surface area (Å²) in [5, 5.41) is 10.6. The Balaban J connectivity index is 1.58. The Morgan fingerprint density at radius 3 is 2.59 bits per heavy atom. The molecule has 0 atom stereocenters. The van der Waals surface area contributed by atoms with E-state index in [2.05, 4.69) is 42.1 Å². The van der Waals surface area contributed by atoms with Gasteiger partial charge in [-0.25, -0.2) is 5.01 Å². The molecule has 1 aromatic carbocycles. The van der Waals surface area contributed by atoms with Crippen molar-refractivity contribution in [3.8, 4) is 0 Å². The summed E-state index contributed by atoms with van der Waals surface area (Å²) in [7, 11) is 0. The van der Waals surface area contributed by atoms with E-state index in [4.69, 9.17) is 5.10 Å². The molecule has 0 bridgehead atoms. The van der Waals surface area contributed by atoms with Crippen LogP contribution in [0.15, 0.2) is 60.1 Å². The topological polar surface area (TPSA) is 63.4 Å². The van der Waals surface area contributed by atoms with Gasteiger partial charge in [-0.3, -0.25) is 14.5 Å². The minimum atomic E-state index is -0.396. The third-order valence-corrected chi connectivity index (χ3v) is 5.07. The molecule has 2 aromatic heterocycles. The summed E-state index contributed by atoms with van der Waals surface area (Å²) in [5.41, 5.74) is 5.44. The summed E-state index contributed by atoms with van der Waals surface area (Å²) in [6.07, 6.45) is 5.83. The Labute approximate surface area is 170 Å². The van der Waals surface area contributed by atoms with Crippen molar-refractivity contribution in [1.82, 2.24) is 19.8 Å². The maximum absolute atomic E-state index is 13.2. The van der Waals surface area contributed by atoms with Gasteiger partial charge in [0.05, 0.1) is 35.2 Å². The van der Waals surface area contributed by atoms with Crippen molar-refractivity contribution in [3.63, 3.8) is 0 Å². The van der Waals surface area contributed by atoms with Crippen molar-refractivity contribution in [2.75, 3.05) is 0 Å². The molecule has 1 amide bonds. The Hall–Kier alpha value is -3.28. The van der Waals surface area contributed by atoms with E-state index < -0.39 is 5.54 Å². The third-order valence-electron chi connectivity index (χ3n) is 5.07. The summed E-state index contributed by atoms with van der Waals surface area (Å²) in [6, 6.07) is 12.1. The molecule has 0 spiro atoms. The van der Waals surface area contributed by atoms with Crippen molar-refractivity contribution in [2.45, 2.75) is 46.2 Å². The van der Waals surface area contributed by atoms with Crippen molar-refractivity contribution < 1.29 is 4.79 Å². The number of hydrogen-bond donors (Lipinski definition) is 0. The smallest absolute Gasteiger partial charge is 0.267 e. The van der Waals surface area contributed by atoms with E-state index in [1.54, 1.807) is 28.3 Å². The monoisotopic (exact) mass is 387 g/mol. The lowest BCUT2D eigenvalue weighted by atomic mass is 9.93. The zero-order chi connectivity index (χ0) is 20.6. The van der Waals surface area contributed by atoms with Gasteiger partial charge < -0.3 is 0 Å². The first kappa shape index (κ1) is 19.1. The van der Waals surface area contributed by atoms with Crippen LogP contribution in [-0.2, 0) is 6.54 Å². The molecule has 1 aliphatic rings. The van der Waals surface area contributed by atoms with E-state index in [1.165, 1.54) is 11.1 Å². The van der Waals surface area contributed by atoms with Crippen LogP contribution in [0, 0.1) is 13.8 Å². The Morgan fingerprint density at radius 2 is 1.90 bits per heavy atom.